The number of benzene rings is 2. The molecule has 3 heterocycles. The van der Waals surface area contributed by atoms with Crippen LogP contribution in [0.5, 0.6) is 11.5 Å². The van der Waals surface area contributed by atoms with Gasteiger partial charge in [-0.3, -0.25) is 14.4 Å². The summed E-state index contributed by atoms with van der Waals surface area (Å²) in [5.41, 5.74) is 4.56. The largest absolute Gasteiger partial charge is 0.457 e. The quantitative estimate of drug-likeness (QED) is 0.437. The second-order valence-electron chi connectivity index (χ2n) is 6.29. The molecule has 0 saturated carbocycles. The van der Waals surface area contributed by atoms with Crippen LogP contribution in [0.1, 0.15) is 0 Å². The molecule has 5 nitrogen and oxygen atoms in total. The van der Waals surface area contributed by atoms with Gasteiger partial charge in [-0.15, -0.1) is 0 Å². The summed E-state index contributed by atoms with van der Waals surface area (Å²) in [6, 6.07) is 21.6. The van der Waals surface area contributed by atoms with Gasteiger partial charge in [0.2, 0.25) is 0 Å². The number of hydrogen-bond acceptors (Lipinski definition) is 4. The van der Waals surface area contributed by atoms with E-state index < -0.39 is 0 Å². The molecule has 5 rings (SSSR count). The maximum absolute atomic E-state index is 6.10. The molecule has 134 valence electrons. The summed E-state index contributed by atoms with van der Waals surface area (Å²) < 4.78 is 8.14. The number of rotatable bonds is 4. The van der Waals surface area contributed by atoms with Crippen LogP contribution in [0.25, 0.3) is 28.2 Å². The van der Waals surface area contributed by atoms with Crippen molar-refractivity contribution < 1.29 is 4.74 Å². The van der Waals surface area contributed by atoms with Crippen molar-refractivity contribution in [1.29, 1.82) is 0 Å². The molecule has 0 radical (unpaired) electrons. The zero-order chi connectivity index (χ0) is 18.8. The van der Waals surface area contributed by atoms with E-state index >= 15 is 0 Å². The summed E-state index contributed by atoms with van der Waals surface area (Å²) in [4.78, 5) is 13.2. The van der Waals surface area contributed by atoms with Crippen LogP contribution in [0.2, 0.25) is 0 Å². The van der Waals surface area contributed by atoms with Gasteiger partial charge in [0.05, 0.1) is 23.8 Å². The van der Waals surface area contributed by atoms with Crippen LogP contribution >= 0.6 is 0 Å². The molecule has 3 aromatic heterocycles. The highest BCUT2D eigenvalue weighted by Gasteiger charge is 2.12. The van der Waals surface area contributed by atoms with Crippen molar-refractivity contribution in [3.05, 3.63) is 97.7 Å². The van der Waals surface area contributed by atoms with Crippen LogP contribution in [0, 0.1) is 0 Å². The van der Waals surface area contributed by atoms with E-state index in [1.807, 2.05) is 83.5 Å². The van der Waals surface area contributed by atoms with Gasteiger partial charge in [0.25, 0.3) is 0 Å². The fourth-order valence-electron chi connectivity index (χ4n) is 3.15. The van der Waals surface area contributed by atoms with Gasteiger partial charge in [-0.05, 0) is 36.4 Å². The zero-order valence-electron chi connectivity index (χ0n) is 14.9. The molecular formula is C23H16N4O. The number of nitrogens with zero attached hydrogens (tertiary/aromatic N) is 4. The third kappa shape index (κ3) is 2.99. The van der Waals surface area contributed by atoms with Crippen molar-refractivity contribution in [3.8, 4) is 34.0 Å². The summed E-state index contributed by atoms with van der Waals surface area (Å²) in [6.45, 7) is 0. The summed E-state index contributed by atoms with van der Waals surface area (Å²) in [6.07, 6.45) is 9.17. The van der Waals surface area contributed by atoms with Crippen molar-refractivity contribution >= 4 is 5.65 Å². The average molecular weight is 364 g/mol. The van der Waals surface area contributed by atoms with Crippen LogP contribution in [-0.2, 0) is 0 Å². The number of aromatic nitrogens is 4. The number of fused-ring (bicyclic) bond motifs is 1. The van der Waals surface area contributed by atoms with E-state index in [9.17, 15) is 0 Å². The van der Waals surface area contributed by atoms with E-state index in [2.05, 4.69) is 15.0 Å². The van der Waals surface area contributed by atoms with Gasteiger partial charge < -0.3 is 4.74 Å². The molecule has 0 atom stereocenters. The van der Waals surface area contributed by atoms with Crippen molar-refractivity contribution in [2.45, 2.75) is 0 Å². The van der Waals surface area contributed by atoms with Crippen LogP contribution in [-0.4, -0.2) is 19.4 Å². The first-order valence-corrected chi connectivity index (χ1v) is 8.94. The lowest BCUT2D eigenvalue weighted by molar-refractivity contribution is 0.484. The van der Waals surface area contributed by atoms with Crippen molar-refractivity contribution in [2.75, 3.05) is 0 Å². The lowest BCUT2D eigenvalue weighted by Gasteiger charge is -2.11. The fraction of sp³-hybridized carbons (Fsp3) is 0. The van der Waals surface area contributed by atoms with Crippen molar-refractivity contribution in [2.24, 2.45) is 0 Å². The summed E-state index contributed by atoms with van der Waals surface area (Å²) >= 11 is 0. The highest BCUT2D eigenvalue weighted by Crippen LogP contribution is 2.32. The molecule has 5 heteroatoms. The van der Waals surface area contributed by atoms with Crippen LogP contribution in [0.3, 0.4) is 0 Å². The van der Waals surface area contributed by atoms with Crippen molar-refractivity contribution in [3.63, 3.8) is 0 Å². The Labute approximate surface area is 161 Å². The molecule has 0 fully saturated rings. The molecule has 5 aromatic rings. The number of hydrogen-bond donors (Lipinski definition) is 0. The normalized spacial score (nSPS) is 10.9. The molecule has 0 aliphatic carbocycles. The number of para-hydroxylation sites is 2. The van der Waals surface area contributed by atoms with E-state index in [0.29, 0.717) is 0 Å². The Balaban J connectivity index is 1.61. The van der Waals surface area contributed by atoms with Gasteiger partial charge in [-0.1, -0.05) is 30.3 Å². The van der Waals surface area contributed by atoms with Crippen LogP contribution < -0.4 is 4.74 Å². The topological polar surface area (TPSA) is 52.3 Å². The summed E-state index contributed by atoms with van der Waals surface area (Å²) in [7, 11) is 0. The highest BCUT2D eigenvalue weighted by atomic mass is 16.5. The molecule has 0 aliphatic heterocycles. The Hall–Kier alpha value is -3.99. The van der Waals surface area contributed by atoms with E-state index in [-0.39, 0.29) is 0 Å². The van der Waals surface area contributed by atoms with E-state index in [1.165, 1.54) is 0 Å². The first-order chi connectivity index (χ1) is 13.9. The number of imidazole rings is 1. The third-order valence-corrected chi connectivity index (χ3v) is 4.51. The standard InChI is InChI=1S/C23H16N4O/c1-2-6-18(7-3-1)28-22-9-5-4-8-19(22)20-16-27-21(14-26-23(27)15-25-20)17-10-12-24-13-11-17/h1-16H. The van der Waals surface area contributed by atoms with Gasteiger partial charge in [-0.25, -0.2) is 4.98 Å². The zero-order valence-corrected chi connectivity index (χ0v) is 14.9. The predicted octanol–water partition coefficient (Wildman–Crippen LogP) is 5.25. The Morgan fingerprint density at radius 3 is 2.39 bits per heavy atom. The fourth-order valence-corrected chi connectivity index (χ4v) is 3.15. The first kappa shape index (κ1) is 16.2. The molecule has 0 bridgehead atoms. The molecule has 0 saturated heterocycles. The first-order valence-electron chi connectivity index (χ1n) is 8.94. The summed E-state index contributed by atoms with van der Waals surface area (Å²) in [5.74, 6) is 1.54. The maximum Gasteiger partial charge on any atom is 0.155 e. The van der Waals surface area contributed by atoms with Gasteiger partial charge >= 0.3 is 0 Å². The molecule has 0 aliphatic rings. The monoisotopic (exact) mass is 364 g/mol. The molecule has 0 amide bonds. The van der Waals surface area contributed by atoms with E-state index in [0.717, 1.165) is 39.7 Å². The minimum absolute atomic E-state index is 0.756. The Morgan fingerprint density at radius 1 is 0.750 bits per heavy atom. The SMILES string of the molecule is c1ccc(Oc2ccccc2-c2cn3c(-c4ccncc4)cnc3cn2)cc1. The lowest BCUT2D eigenvalue weighted by Crippen LogP contribution is -1.95. The average Bonchev–Trinajstić information content (AvgIpc) is 3.19. The smallest absolute Gasteiger partial charge is 0.155 e. The number of ether oxygens (including phenoxy) is 1. The Morgan fingerprint density at radius 2 is 1.54 bits per heavy atom. The van der Waals surface area contributed by atoms with Crippen LogP contribution in [0.15, 0.2) is 97.7 Å². The molecule has 2 aromatic carbocycles. The Bertz CT molecular complexity index is 1230. The minimum Gasteiger partial charge on any atom is -0.457 e. The maximum atomic E-state index is 6.10. The van der Waals surface area contributed by atoms with Gasteiger partial charge in [-0.2, -0.15) is 0 Å². The van der Waals surface area contributed by atoms with E-state index in [4.69, 9.17) is 4.74 Å². The molecule has 0 N–H and O–H groups in total. The Kier molecular flexibility index (Phi) is 4.03. The highest BCUT2D eigenvalue weighted by molar-refractivity contribution is 5.70. The van der Waals surface area contributed by atoms with Gasteiger partial charge in [0.15, 0.2) is 5.65 Å². The summed E-state index contributed by atoms with van der Waals surface area (Å²) in [5, 5.41) is 0. The third-order valence-electron chi connectivity index (χ3n) is 4.51. The lowest BCUT2D eigenvalue weighted by atomic mass is 10.1. The van der Waals surface area contributed by atoms with Gasteiger partial charge in [0, 0.05) is 29.7 Å². The molecular weight excluding hydrogens is 348 g/mol. The minimum atomic E-state index is 0.756. The van der Waals surface area contributed by atoms with E-state index in [1.54, 1.807) is 18.6 Å². The van der Waals surface area contributed by atoms with Crippen molar-refractivity contribution in [1.82, 2.24) is 19.4 Å². The molecule has 0 spiro atoms. The second kappa shape index (κ2) is 6.96. The number of pyridine rings is 1. The molecule has 28 heavy (non-hydrogen) atoms. The molecule has 0 unspecified atom stereocenters. The van der Waals surface area contributed by atoms with Crippen LogP contribution in [0.4, 0.5) is 0 Å². The van der Waals surface area contributed by atoms with Gasteiger partial charge in [0.1, 0.15) is 11.5 Å². The predicted molar refractivity (Wildman–Crippen MR) is 108 cm³/mol. The second-order valence-corrected chi connectivity index (χ2v) is 6.29.